The van der Waals surface area contributed by atoms with E-state index in [2.05, 4.69) is 23.6 Å². The lowest BCUT2D eigenvalue weighted by atomic mass is 10.1. The molecule has 1 aliphatic heterocycles. The molecule has 0 saturated heterocycles. The van der Waals surface area contributed by atoms with Gasteiger partial charge >= 0.3 is 0 Å². The summed E-state index contributed by atoms with van der Waals surface area (Å²) in [6.07, 6.45) is 0.916. The van der Waals surface area contributed by atoms with Gasteiger partial charge in [0, 0.05) is 17.3 Å². The third-order valence-electron chi connectivity index (χ3n) is 3.73. The number of hydrogen-bond donors (Lipinski definition) is 2. The minimum Gasteiger partial charge on any atom is -0.457 e. The Bertz CT molecular complexity index is 682. The summed E-state index contributed by atoms with van der Waals surface area (Å²) in [6, 6.07) is 13.4. The zero-order chi connectivity index (χ0) is 14.8. The lowest BCUT2D eigenvalue weighted by Crippen LogP contribution is -2.23. The molecule has 21 heavy (non-hydrogen) atoms. The van der Waals surface area contributed by atoms with E-state index < -0.39 is 0 Å². The van der Waals surface area contributed by atoms with Gasteiger partial charge in [0.2, 0.25) is 5.91 Å². The molecule has 1 amide bonds. The lowest BCUT2D eigenvalue weighted by molar-refractivity contribution is -0.117. The summed E-state index contributed by atoms with van der Waals surface area (Å²) >= 11 is 0. The fourth-order valence-corrected chi connectivity index (χ4v) is 2.61. The maximum atomic E-state index is 11.8. The molecule has 2 N–H and O–H groups in total. The third kappa shape index (κ3) is 2.50. The molecule has 1 heterocycles. The van der Waals surface area contributed by atoms with Crippen molar-refractivity contribution in [2.75, 3.05) is 12.4 Å². The second kappa shape index (κ2) is 5.58. The van der Waals surface area contributed by atoms with Crippen LogP contribution in [-0.4, -0.2) is 13.0 Å². The number of para-hydroxylation sites is 1. The monoisotopic (exact) mass is 282 g/mol. The number of nitrogens with one attached hydrogen (secondary N) is 2. The first-order chi connectivity index (χ1) is 10.2. The minimum atomic E-state index is -0.281. The molecule has 0 fully saturated rings. The highest BCUT2D eigenvalue weighted by atomic mass is 16.5. The van der Waals surface area contributed by atoms with Crippen LogP contribution in [-0.2, 0) is 11.2 Å². The second-order valence-electron chi connectivity index (χ2n) is 5.02. The predicted octanol–water partition coefficient (Wildman–Crippen LogP) is 3.25. The normalized spacial score (nSPS) is 16.5. The van der Waals surface area contributed by atoms with Crippen molar-refractivity contribution in [1.82, 2.24) is 5.32 Å². The van der Waals surface area contributed by atoms with Crippen LogP contribution in [0.5, 0.6) is 11.5 Å². The number of aryl methyl sites for hydroxylation is 1. The van der Waals surface area contributed by atoms with Crippen LogP contribution < -0.4 is 15.4 Å². The first kappa shape index (κ1) is 13.6. The Kier molecular flexibility index (Phi) is 3.62. The van der Waals surface area contributed by atoms with Gasteiger partial charge in [0.25, 0.3) is 0 Å². The Morgan fingerprint density at radius 1 is 1.24 bits per heavy atom. The number of ether oxygens (including phenoxy) is 1. The number of amides is 1. The van der Waals surface area contributed by atoms with Crippen LogP contribution in [0.4, 0.5) is 5.69 Å². The molecule has 1 aliphatic rings. The summed E-state index contributed by atoms with van der Waals surface area (Å²) in [6.45, 7) is 2.10. The number of rotatable bonds is 4. The summed E-state index contributed by atoms with van der Waals surface area (Å²) in [5, 5.41) is 5.88. The molecule has 3 rings (SSSR count). The second-order valence-corrected chi connectivity index (χ2v) is 5.02. The van der Waals surface area contributed by atoms with E-state index in [1.165, 1.54) is 0 Å². The largest absolute Gasteiger partial charge is 0.457 e. The Labute approximate surface area is 124 Å². The van der Waals surface area contributed by atoms with Crippen LogP contribution in [0.1, 0.15) is 24.1 Å². The van der Waals surface area contributed by atoms with E-state index in [4.69, 9.17) is 4.74 Å². The Hall–Kier alpha value is -2.33. The molecule has 0 saturated carbocycles. The number of likely N-dealkylation sites (N-methyl/N-ethyl adjacent to an activating group) is 1. The van der Waals surface area contributed by atoms with Crippen molar-refractivity contribution in [3.05, 3.63) is 53.6 Å². The zero-order valence-electron chi connectivity index (χ0n) is 12.1. The van der Waals surface area contributed by atoms with Crippen molar-refractivity contribution >= 4 is 11.6 Å². The predicted molar refractivity (Wildman–Crippen MR) is 82.8 cm³/mol. The molecule has 1 atom stereocenters. The molecule has 2 aromatic rings. The minimum absolute atomic E-state index is 0.0291. The molecule has 108 valence electrons. The van der Waals surface area contributed by atoms with Gasteiger partial charge in [-0.05, 0) is 31.2 Å². The van der Waals surface area contributed by atoms with E-state index in [0.717, 1.165) is 34.7 Å². The summed E-state index contributed by atoms with van der Waals surface area (Å²) < 4.78 is 5.96. The fourth-order valence-electron chi connectivity index (χ4n) is 2.61. The van der Waals surface area contributed by atoms with Crippen LogP contribution >= 0.6 is 0 Å². The molecule has 0 aromatic heterocycles. The van der Waals surface area contributed by atoms with Gasteiger partial charge in [-0.2, -0.15) is 0 Å². The number of hydrogen-bond acceptors (Lipinski definition) is 3. The number of fused-ring (bicyclic) bond motifs is 1. The van der Waals surface area contributed by atoms with Crippen LogP contribution in [0.15, 0.2) is 42.5 Å². The molecule has 4 heteroatoms. The third-order valence-corrected chi connectivity index (χ3v) is 3.73. The summed E-state index contributed by atoms with van der Waals surface area (Å²) in [5.74, 6) is 1.56. The summed E-state index contributed by atoms with van der Waals surface area (Å²) in [4.78, 5) is 11.8. The van der Waals surface area contributed by atoms with E-state index in [0.29, 0.717) is 0 Å². The average molecular weight is 282 g/mol. The average Bonchev–Trinajstić information content (AvgIpc) is 2.82. The molecule has 0 radical (unpaired) electrons. The molecule has 4 nitrogen and oxygen atoms in total. The maximum absolute atomic E-state index is 11.8. The van der Waals surface area contributed by atoms with E-state index >= 15 is 0 Å². The van der Waals surface area contributed by atoms with Gasteiger partial charge in [0.15, 0.2) is 0 Å². The lowest BCUT2D eigenvalue weighted by Gasteiger charge is -2.11. The quantitative estimate of drug-likeness (QED) is 0.905. The molecule has 0 bridgehead atoms. The van der Waals surface area contributed by atoms with Crippen LogP contribution in [0.3, 0.4) is 0 Å². The molecule has 2 aromatic carbocycles. The van der Waals surface area contributed by atoms with E-state index in [9.17, 15) is 4.79 Å². The van der Waals surface area contributed by atoms with E-state index in [1.807, 2.05) is 36.4 Å². The van der Waals surface area contributed by atoms with E-state index in [1.54, 1.807) is 7.05 Å². The first-order valence-corrected chi connectivity index (χ1v) is 7.10. The van der Waals surface area contributed by atoms with Crippen molar-refractivity contribution in [2.45, 2.75) is 19.4 Å². The van der Waals surface area contributed by atoms with Gasteiger partial charge in [0.1, 0.15) is 17.5 Å². The molecular weight excluding hydrogens is 264 g/mol. The number of carbonyl (C=O) groups excluding carboxylic acids is 1. The summed E-state index contributed by atoms with van der Waals surface area (Å²) in [7, 11) is 1.78. The zero-order valence-corrected chi connectivity index (χ0v) is 12.1. The molecule has 1 unspecified atom stereocenters. The van der Waals surface area contributed by atoms with Crippen molar-refractivity contribution in [1.29, 1.82) is 0 Å². The highest BCUT2D eigenvalue weighted by molar-refractivity contribution is 6.02. The smallest absolute Gasteiger partial charge is 0.246 e. The van der Waals surface area contributed by atoms with Crippen molar-refractivity contribution < 1.29 is 9.53 Å². The van der Waals surface area contributed by atoms with Gasteiger partial charge in [-0.25, -0.2) is 0 Å². The van der Waals surface area contributed by atoms with Gasteiger partial charge < -0.3 is 15.4 Å². The van der Waals surface area contributed by atoms with Crippen molar-refractivity contribution in [2.24, 2.45) is 0 Å². The highest BCUT2D eigenvalue weighted by Crippen LogP contribution is 2.35. The van der Waals surface area contributed by atoms with Crippen molar-refractivity contribution in [3.63, 3.8) is 0 Å². The molecular formula is C17H18N2O2. The number of benzene rings is 2. The maximum Gasteiger partial charge on any atom is 0.246 e. The first-order valence-electron chi connectivity index (χ1n) is 7.10. The SMILES string of the molecule is CCc1ccccc1Oc1ccc2c(c1)NC(=O)C2NC. The molecule has 0 spiro atoms. The van der Waals surface area contributed by atoms with Crippen LogP contribution in [0.2, 0.25) is 0 Å². The fraction of sp³-hybridized carbons (Fsp3) is 0.235. The Morgan fingerprint density at radius 3 is 2.81 bits per heavy atom. The van der Waals surface area contributed by atoms with Gasteiger partial charge in [-0.1, -0.05) is 31.2 Å². The van der Waals surface area contributed by atoms with E-state index in [-0.39, 0.29) is 11.9 Å². The number of anilines is 1. The van der Waals surface area contributed by atoms with Gasteiger partial charge in [-0.3, -0.25) is 4.79 Å². The van der Waals surface area contributed by atoms with Crippen molar-refractivity contribution in [3.8, 4) is 11.5 Å². The number of carbonyl (C=O) groups is 1. The summed E-state index contributed by atoms with van der Waals surface area (Å²) in [5.41, 5.74) is 2.93. The van der Waals surface area contributed by atoms with Gasteiger partial charge in [-0.15, -0.1) is 0 Å². The molecule has 0 aliphatic carbocycles. The van der Waals surface area contributed by atoms with Crippen LogP contribution in [0, 0.1) is 0 Å². The topological polar surface area (TPSA) is 50.4 Å². The Morgan fingerprint density at radius 2 is 2.05 bits per heavy atom. The highest BCUT2D eigenvalue weighted by Gasteiger charge is 2.29. The standard InChI is InChI=1S/C17H18N2O2/c1-3-11-6-4-5-7-15(11)21-12-8-9-13-14(10-12)19-17(20)16(13)18-2/h4-10,16,18H,3H2,1-2H3,(H,19,20). The van der Waals surface area contributed by atoms with Gasteiger partial charge in [0.05, 0.1) is 0 Å². The van der Waals surface area contributed by atoms with Crippen LogP contribution in [0.25, 0.3) is 0 Å². The Balaban J connectivity index is 1.89.